The fraction of sp³-hybridized carbons (Fsp3) is 0.500. The maximum absolute atomic E-state index is 5.62. The van der Waals surface area contributed by atoms with Gasteiger partial charge in [-0.3, -0.25) is 0 Å². The van der Waals surface area contributed by atoms with Crippen LogP contribution in [0.3, 0.4) is 0 Å². The average Bonchev–Trinajstić information content (AvgIpc) is 2.15. The van der Waals surface area contributed by atoms with Gasteiger partial charge in [0.05, 0.1) is 0 Å². The highest BCUT2D eigenvalue weighted by Crippen LogP contribution is 2.28. The fourth-order valence-electron chi connectivity index (χ4n) is 1.68. The van der Waals surface area contributed by atoms with E-state index in [1.54, 1.807) is 6.20 Å². The van der Waals surface area contributed by atoms with Crippen molar-refractivity contribution in [2.24, 2.45) is 11.7 Å². The van der Waals surface area contributed by atoms with Gasteiger partial charge in [-0.25, -0.2) is 4.98 Å². The molecule has 1 aromatic rings. The first kappa shape index (κ1) is 8.51. The van der Waals surface area contributed by atoms with E-state index < -0.39 is 0 Å². The molecule has 2 rings (SSSR count). The lowest BCUT2D eigenvalue weighted by molar-refractivity contribution is 0.285. The summed E-state index contributed by atoms with van der Waals surface area (Å²) >= 11 is 0. The maximum atomic E-state index is 5.62. The molecule has 0 radical (unpaired) electrons. The van der Waals surface area contributed by atoms with E-state index in [2.05, 4.69) is 10.3 Å². The average molecular weight is 177 g/mol. The third-order valence-electron chi connectivity index (χ3n) is 2.72. The molecule has 2 atom stereocenters. The van der Waals surface area contributed by atoms with Gasteiger partial charge in [0.15, 0.2) is 0 Å². The zero-order valence-electron chi connectivity index (χ0n) is 7.61. The van der Waals surface area contributed by atoms with Gasteiger partial charge in [-0.2, -0.15) is 0 Å². The van der Waals surface area contributed by atoms with Crippen molar-refractivity contribution in [3.05, 3.63) is 24.4 Å². The number of aromatic nitrogens is 1. The summed E-state index contributed by atoms with van der Waals surface area (Å²) in [6, 6.07) is 6.45. The molecule has 0 saturated heterocycles. The Labute approximate surface area is 78.4 Å². The standard InChI is InChI=1S/C10H15N3/c11-7-8-4-5-9(8)13-10-3-1-2-6-12-10/h1-3,6,8-9H,4-5,7,11H2,(H,12,13). The maximum Gasteiger partial charge on any atom is 0.126 e. The number of hydrogen-bond donors (Lipinski definition) is 2. The number of nitrogens with zero attached hydrogens (tertiary/aromatic N) is 1. The molecule has 1 aliphatic rings. The molecule has 3 nitrogen and oxygen atoms in total. The number of nitrogens with one attached hydrogen (secondary N) is 1. The summed E-state index contributed by atoms with van der Waals surface area (Å²) in [5, 5.41) is 3.39. The van der Waals surface area contributed by atoms with Crippen LogP contribution in [0.25, 0.3) is 0 Å². The summed E-state index contributed by atoms with van der Waals surface area (Å²) in [4.78, 5) is 4.22. The Morgan fingerprint density at radius 2 is 2.38 bits per heavy atom. The highest BCUT2D eigenvalue weighted by Gasteiger charge is 2.29. The predicted molar refractivity (Wildman–Crippen MR) is 53.4 cm³/mol. The molecule has 70 valence electrons. The zero-order valence-corrected chi connectivity index (χ0v) is 7.61. The van der Waals surface area contributed by atoms with Gasteiger partial charge in [-0.1, -0.05) is 6.07 Å². The summed E-state index contributed by atoms with van der Waals surface area (Å²) < 4.78 is 0. The second kappa shape index (κ2) is 3.75. The summed E-state index contributed by atoms with van der Waals surface area (Å²) in [7, 11) is 0. The predicted octanol–water partition coefficient (Wildman–Crippen LogP) is 1.23. The van der Waals surface area contributed by atoms with E-state index in [-0.39, 0.29) is 0 Å². The lowest BCUT2D eigenvalue weighted by Gasteiger charge is -2.36. The van der Waals surface area contributed by atoms with Gasteiger partial charge >= 0.3 is 0 Å². The van der Waals surface area contributed by atoms with Crippen LogP contribution in [0.1, 0.15) is 12.8 Å². The van der Waals surface area contributed by atoms with Crippen LogP contribution in [0.15, 0.2) is 24.4 Å². The minimum atomic E-state index is 0.542. The molecule has 1 aromatic heterocycles. The molecule has 0 spiro atoms. The zero-order chi connectivity index (χ0) is 9.10. The number of anilines is 1. The number of nitrogens with two attached hydrogens (primary N) is 1. The quantitative estimate of drug-likeness (QED) is 0.730. The first-order chi connectivity index (χ1) is 6.40. The topological polar surface area (TPSA) is 50.9 Å². The van der Waals surface area contributed by atoms with E-state index in [4.69, 9.17) is 5.73 Å². The summed E-state index contributed by atoms with van der Waals surface area (Å²) in [5.74, 6) is 1.60. The van der Waals surface area contributed by atoms with Gasteiger partial charge in [0.2, 0.25) is 0 Å². The molecule has 3 N–H and O–H groups in total. The Hall–Kier alpha value is -1.09. The van der Waals surface area contributed by atoms with Gasteiger partial charge in [0.1, 0.15) is 5.82 Å². The highest BCUT2D eigenvalue weighted by atomic mass is 15.0. The number of pyridine rings is 1. The molecule has 1 saturated carbocycles. The molecule has 0 aliphatic heterocycles. The van der Waals surface area contributed by atoms with E-state index in [0.717, 1.165) is 12.4 Å². The molecule has 0 aromatic carbocycles. The van der Waals surface area contributed by atoms with Crippen molar-refractivity contribution in [3.63, 3.8) is 0 Å². The summed E-state index contributed by atoms with van der Waals surface area (Å²) in [5.41, 5.74) is 5.62. The van der Waals surface area contributed by atoms with Gasteiger partial charge < -0.3 is 11.1 Å². The van der Waals surface area contributed by atoms with Gasteiger partial charge in [0.25, 0.3) is 0 Å². The normalized spacial score (nSPS) is 26.5. The molecule has 13 heavy (non-hydrogen) atoms. The van der Waals surface area contributed by atoms with Crippen molar-refractivity contribution in [2.45, 2.75) is 18.9 Å². The van der Waals surface area contributed by atoms with Crippen molar-refractivity contribution < 1.29 is 0 Å². The second-order valence-corrected chi connectivity index (χ2v) is 3.54. The number of rotatable bonds is 3. The molecule has 0 bridgehead atoms. The van der Waals surface area contributed by atoms with E-state index in [9.17, 15) is 0 Å². The van der Waals surface area contributed by atoms with Crippen LogP contribution in [0.5, 0.6) is 0 Å². The van der Waals surface area contributed by atoms with Crippen molar-refractivity contribution in [3.8, 4) is 0 Å². The molecule has 2 unspecified atom stereocenters. The van der Waals surface area contributed by atoms with Crippen LogP contribution in [0, 0.1) is 5.92 Å². The van der Waals surface area contributed by atoms with Gasteiger partial charge in [0, 0.05) is 12.2 Å². The van der Waals surface area contributed by atoms with Crippen LogP contribution >= 0.6 is 0 Å². The Kier molecular flexibility index (Phi) is 2.45. The van der Waals surface area contributed by atoms with Crippen LogP contribution in [-0.2, 0) is 0 Å². The largest absolute Gasteiger partial charge is 0.367 e. The molecule has 1 heterocycles. The molecular weight excluding hydrogens is 162 g/mol. The monoisotopic (exact) mass is 177 g/mol. The van der Waals surface area contributed by atoms with E-state index in [1.807, 2.05) is 18.2 Å². The first-order valence-electron chi connectivity index (χ1n) is 4.78. The van der Waals surface area contributed by atoms with Crippen molar-refractivity contribution >= 4 is 5.82 Å². The molecule has 0 amide bonds. The van der Waals surface area contributed by atoms with Crippen molar-refractivity contribution in [1.82, 2.24) is 4.98 Å². The van der Waals surface area contributed by atoms with Gasteiger partial charge in [-0.05, 0) is 37.4 Å². The minimum absolute atomic E-state index is 0.542. The Morgan fingerprint density at radius 1 is 1.46 bits per heavy atom. The SMILES string of the molecule is NCC1CCC1Nc1ccccn1. The molecule has 1 fully saturated rings. The molecular formula is C10H15N3. The Bertz CT molecular complexity index is 258. The highest BCUT2D eigenvalue weighted by molar-refractivity contribution is 5.35. The van der Waals surface area contributed by atoms with E-state index in [0.29, 0.717) is 12.0 Å². The van der Waals surface area contributed by atoms with Crippen LogP contribution in [0.4, 0.5) is 5.82 Å². The van der Waals surface area contributed by atoms with Crippen molar-refractivity contribution in [2.75, 3.05) is 11.9 Å². The fourth-order valence-corrected chi connectivity index (χ4v) is 1.68. The van der Waals surface area contributed by atoms with Crippen LogP contribution < -0.4 is 11.1 Å². The third-order valence-corrected chi connectivity index (χ3v) is 2.72. The lowest BCUT2D eigenvalue weighted by Crippen LogP contribution is -2.42. The third kappa shape index (κ3) is 1.80. The lowest BCUT2D eigenvalue weighted by atomic mass is 9.79. The summed E-state index contributed by atoms with van der Waals surface area (Å²) in [6.07, 6.45) is 4.28. The Morgan fingerprint density at radius 3 is 2.92 bits per heavy atom. The van der Waals surface area contributed by atoms with Crippen LogP contribution in [-0.4, -0.2) is 17.6 Å². The molecule has 1 aliphatic carbocycles. The van der Waals surface area contributed by atoms with Gasteiger partial charge in [-0.15, -0.1) is 0 Å². The van der Waals surface area contributed by atoms with E-state index in [1.165, 1.54) is 12.8 Å². The Balaban J connectivity index is 1.92. The second-order valence-electron chi connectivity index (χ2n) is 3.54. The van der Waals surface area contributed by atoms with Crippen LogP contribution in [0.2, 0.25) is 0 Å². The minimum Gasteiger partial charge on any atom is -0.367 e. The van der Waals surface area contributed by atoms with E-state index >= 15 is 0 Å². The summed E-state index contributed by atoms with van der Waals surface area (Å²) in [6.45, 7) is 0.782. The smallest absolute Gasteiger partial charge is 0.126 e. The first-order valence-corrected chi connectivity index (χ1v) is 4.78. The van der Waals surface area contributed by atoms with Crippen molar-refractivity contribution in [1.29, 1.82) is 0 Å². The molecule has 3 heteroatoms. The number of hydrogen-bond acceptors (Lipinski definition) is 3.